The molecule has 0 radical (unpaired) electrons. The molecule has 2 heterocycles. The fraction of sp³-hybridized carbons (Fsp3) is 0.111. The predicted molar refractivity (Wildman–Crippen MR) is 92.3 cm³/mol. The zero-order valence-corrected chi connectivity index (χ0v) is 12.8. The Kier molecular flexibility index (Phi) is 3.42. The second-order valence-electron chi connectivity index (χ2n) is 5.48. The number of hydrogen-bond donors (Lipinski definition) is 3. The van der Waals surface area contributed by atoms with Crippen molar-refractivity contribution in [1.82, 2.24) is 9.97 Å². The number of allylic oxidation sites excluding steroid dienone is 1. The van der Waals surface area contributed by atoms with E-state index in [4.69, 9.17) is 20.6 Å². The number of imidazole rings is 1. The molecular weight excluding hydrogens is 304 g/mol. The van der Waals surface area contributed by atoms with Gasteiger partial charge < -0.3 is 25.6 Å². The lowest BCUT2D eigenvalue weighted by atomic mass is 10.1. The molecule has 0 aliphatic carbocycles. The Morgan fingerprint density at radius 2 is 2.08 bits per heavy atom. The number of aromatic nitrogens is 2. The van der Waals surface area contributed by atoms with Gasteiger partial charge in [0.25, 0.3) is 0 Å². The average Bonchev–Trinajstić information content (AvgIpc) is 3.06. The maximum absolute atomic E-state index is 7.40. The van der Waals surface area contributed by atoms with Crippen molar-refractivity contribution < 1.29 is 9.47 Å². The molecular formula is C18H16N4O2. The number of nitrogens with one attached hydrogen (secondary N) is 2. The van der Waals surface area contributed by atoms with E-state index in [1.54, 1.807) is 0 Å². The molecule has 3 aromatic rings. The van der Waals surface area contributed by atoms with E-state index in [9.17, 15) is 0 Å². The third-order valence-corrected chi connectivity index (χ3v) is 3.98. The Labute approximate surface area is 138 Å². The Morgan fingerprint density at radius 3 is 2.88 bits per heavy atom. The van der Waals surface area contributed by atoms with E-state index in [1.807, 2.05) is 42.5 Å². The monoisotopic (exact) mass is 320 g/mol. The Morgan fingerprint density at radius 1 is 1.25 bits per heavy atom. The summed E-state index contributed by atoms with van der Waals surface area (Å²) in [7, 11) is 0. The minimum atomic E-state index is -0.289. The van der Waals surface area contributed by atoms with Crippen LogP contribution in [0.2, 0.25) is 0 Å². The molecule has 24 heavy (non-hydrogen) atoms. The van der Waals surface area contributed by atoms with Gasteiger partial charge in [0.05, 0.1) is 11.0 Å². The summed E-state index contributed by atoms with van der Waals surface area (Å²) in [6.45, 7) is 0.401. The summed E-state index contributed by atoms with van der Waals surface area (Å²) >= 11 is 0. The summed E-state index contributed by atoms with van der Waals surface area (Å²) in [5.74, 6) is 2.17. The molecule has 2 aromatic carbocycles. The van der Waals surface area contributed by atoms with Crippen molar-refractivity contribution >= 4 is 22.8 Å². The molecule has 1 atom stereocenters. The van der Waals surface area contributed by atoms with E-state index >= 15 is 0 Å². The van der Waals surface area contributed by atoms with Crippen molar-refractivity contribution in [2.24, 2.45) is 5.73 Å². The lowest BCUT2D eigenvalue weighted by Crippen LogP contribution is -2.22. The van der Waals surface area contributed by atoms with Crippen LogP contribution >= 0.6 is 0 Å². The highest BCUT2D eigenvalue weighted by Gasteiger charge is 2.25. The SMILES string of the molecule is N=C/C(=C\N)c1ccc2nc(C3COc4ccccc4O3)[nH]c2c1. The van der Waals surface area contributed by atoms with Crippen LogP contribution in [-0.2, 0) is 0 Å². The first-order valence-electron chi connectivity index (χ1n) is 7.59. The van der Waals surface area contributed by atoms with Crippen LogP contribution in [0.15, 0.2) is 48.7 Å². The Balaban J connectivity index is 1.67. The van der Waals surface area contributed by atoms with Crippen LogP contribution in [-0.4, -0.2) is 22.8 Å². The number of rotatable bonds is 3. The first-order valence-corrected chi connectivity index (χ1v) is 7.59. The van der Waals surface area contributed by atoms with E-state index in [-0.39, 0.29) is 6.10 Å². The highest BCUT2D eigenvalue weighted by molar-refractivity contribution is 6.08. The van der Waals surface area contributed by atoms with Gasteiger partial charge in [-0.1, -0.05) is 18.2 Å². The fourth-order valence-corrected chi connectivity index (χ4v) is 2.74. The summed E-state index contributed by atoms with van der Waals surface area (Å²) in [5, 5.41) is 7.40. The van der Waals surface area contributed by atoms with E-state index in [1.165, 1.54) is 12.4 Å². The third-order valence-electron chi connectivity index (χ3n) is 3.98. The first-order chi connectivity index (χ1) is 11.8. The van der Waals surface area contributed by atoms with E-state index in [0.29, 0.717) is 23.8 Å². The molecule has 0 saturated heterocycles. The van der Waals surface area contributed by atoms with Gasteiger partial charge in [-0.15, -0.1) is 0 Å². The summed E-state index contributed by atoms with van der Waals surface area (Å²) in [6.07, 6.45) is 2.36. The lowest BCUT2D eigenvalue weighted by Gasteiger charge is -2.24. The van der Waals surface area contributed by atoms with E-state index in [2.05, 4.69) is 9.97 Å². The number of H-pyrrole nitrogens is 1. The molecule has 1 unspecified atom stereocenters. The average molecular weight is 320 g/mol. The van der Waals surface area contributed by atoms with Gasteiger partial charge in [-0.2, -0.15) is 0 Å². The highest BCUT2D eigenvalue weighted by Crippen LogP contribution is 2.35. The lowest BCUT2D eigenvalue weighted by molar-refractivity contribution is 0.0859. The fourth-order valence-electron chi connectivity index (χ4n) is 2.74. The quantitative estimate of drug-likeness (QED) is 0.646. The maximum atomic E-state index is 7.40. The third kappa shape index (κ3) is 2.38. The van der Waals surface area contributed by atoms with E-state index in [0.717, 1.165) is 22.3 Å². The van der Waals surface area contributed by atoms with E-state index < -0.39 is 0 Å². The molecule has 0 saturated carbocycles. The summed E-state index contributed by atoms with van der Waals surface area (Å²) in [5.41, 5.74) is 8.76. The zero-order chi connectivity index (χ0) is 16.5. The van der Waals surface area contributed by atoms with Crippen LogP contribution in [0.4, 0.5) is 0 Å². The number of nitrogens with zero attached hydrogens (tertiary/aromatic N) is 1. The van der Waals surface area contributed by atoms with Gasteiger partial charge in [0, 0.05) is 18.0 Å². The van der Waals surface area contributed by atoms with Gasteiger partial charge in [-0.05, 0) is 29.8 Å². The van der Waals surface area contributed by atoms with Crippen LogP contribution in [0.5, 0.6) is 11.5 Å². The molecule has 0 fully saturated rings. The molecule has 6 heteroatoms. The molecule has 4 rings (SSSR count). The minimum Gasteiger partial charge on any atom is -0.485 e. The van der Waals surface area contributed by atoms with Crippen molar-refractivity contribution in [3.8, 4) is 11.5 Å². The number of benzene rings is 2. The Bertz CT molecular complexity index is 945. The zero-order valence-electron chi connectivity index (χ0n) is 12.8. The van der Waals surface area contributed by atoms with Gasteiger partial charge >= 0.3 is 0 Å². The predicted octanol–water partition coefficient (Wildman–Crippen LogP) is 3.02. The molecule has 1 aliphatic rings. The van der Waals surface area contributed by atoms with Crippen LogP contribution in [0, 0.1) is 5.41 Å². The topological polar surface area (TPSA) is 97.0 Å². The van der Waals surface area contributed by atoms with Crippen LogP contribution in [0.25, 0.3) is 16.6 Å². The van der Waals surface area contributed by atoms with Gasteiger partial charge in [0.1, 0.15) is 6.61 Å². The maximum Gasteiger partial charge on any atom is 0.190 e. The van der Waals surface area contributed by atoms with Crippen molar-refractivity contribution in [1.29, 1.82) is 5.41 Å². The van der Waals surface area contributed by atoms with Crippen molar-refractivity contribution in [3.63, 3.8) is 0 Å². The smallest absolute Gasteiger partial charge is 0.190 e. The van der Waals surface area contributed by atoms with Crippen molar-refractivity contribution in [2.75, 3.05) is 6.61 Å². The number of ether oxygens (including phenoxy) is 2. The van der Waals surface area contributed by atoms with Crippen LogP contribution < -0.4 is 15.2 Å². The minimum absolute atomic E-state index is 0.289. The summed E-state index contributed by atoms with van der Waals surface area (Å²) in [6, 6.07) is 13.3. The number of nitrogens with two attached hydrogens (primary N) is 1. The second kappa shape index (κ2) is 5.73. The molecule has 0 spiro atoms. The molecule has 0 bridgehead atoms. The summed E-state index contributed by atoms with van der Waals surface area (Å²) < 4.78 is 11.7. The van der Waals surface area contributed by atoms with Crippen molar-refractivity contribution in [2.45, 2.75) is 6.10 Å². The van der Waals surface area contributed by atoms with Gasteiger partial charge in [0.15, 0.2) is 23.4 Å². The highest BCUT2D eigenvalue weighted by atomic mass is 16.6. The molecule has 1 aromatic heterocycles. The molecule has 1 aliphatic heterocycles. The number of para-hydroxylation sites is 2. The van der Waals surface area contributed by atoms with Gasteiger partial charge in [-0.25, -0.2) is 4.98 Å². The molecule has 6 nitrogen and oxygen atoms in total. The number of aromatic amines is 1. The number of fused-ring (bicyclic) bond motifs is 2. The van der Waals surface area contributed by atoms with Gasteiger partial charge in [0.2, 0.25) is 0 Å². The van der Waals surface area contributed by atoms with Crippen LogP contribution in [0.3, 0.4) is 0 Å². The Hall–Kier alpha value is -3.28. The standard InChI is InChI=1S/C18H16N4O2/c19-8-12(9-20)11-5-6-13-14(7-11)22-18(21-13)17-10-23-15-3-1-2-4-16(15)24-17/h1-9,17,19H,10,20H2,(H,21,22)/b12-9+,19-8?. The molecule has 4 N–H and O–H groups in total. The van der Waals surface area contributed by atoms with Crippen LogP contribution in [0.1, 0.15) is 17.5 Å². The molecule has 0 amide bonds. The largest absolute Gasteiger partial charge is 0.485 e. The summed E-state index contributed by atoms with van der Waals surface area (Å²) in [4.78, 5) is 7.87. The molecule has 120 valence electrons. The normalized spacial score (nSPS) is 17.0. The number of hydrogen-bond acceptors (Lipinski definition) is 5. The van der Waals surface area contributed by atoms with Crippen molar-refractivity contribution in [3.05, 3.63) is 60.1 Å². The van der Waals surface area contributed by atoms with Gasteiger partial charge in [-0.3, -0.25) is 0 Å². The second-order valence-corrected chi connectivity index (χ2v) is 5.48. The first kappa shape index (κ1) is 14.3.